The fourth-order valence-electron chi connectivity index (χ4n) is 2.23. The molecule has 0 aliphatic carbocycles. The molecule has 0 heterocycles. The van der Waals surface area contributed by atoms with Gasteiger partial charge in [-0.25, -0.2) is 0 Å². The lowest BCUT2D eigenvalue weighted by molar-refractivity contribution is 0.376. The number of rotatable bonds is 6. The molecule has 0 aliphatic heterocycles. The highest BCUT2D eigenvalue weighted by Crippen LogP contribution is 2.35. The molecular weight excluding hydrogens is 262 g/mol. The molecule has 3 nitrogen and oxygen atoms in total. The first kappa shape index (κ1) is 15.4. The molecule has 112 valence electrons. The van der Waals surface area contributed by atoms with Crippen molar-refractivity contribution in [2.75, 3.05) is 7.11 Å². The van der Waals surface area contributed by atoms with E-state index in [9.17, 15) is 0 Å². The number of para-hydroxylation sites is 1. The first-order valence-electron chi connectivity index (χ1n) is 7.38. The highest BCUT2D eigenvalue weighted by atomic mass is 16.5. The summed E-state index contributed by atoms with van der Waals surface area (Å²) in [4.78, 5) is 0. The second kappa shape index (κ2) is 7.14. The number of hydrogen-bond donors (Lipinski definition) is 1. The standard InChI is InChI=1S/C18H23NO2/c1-4-13-10-11-17(18(12-13)20-3)21-16-9-7-6-8-14(16)15(19)5-2/h6-12,15H,4-5,19H2,1-3H3. The van der Waals surface area contributed by atoms with Crippen LogP contribution in [-0.2, 0) is 6.42 Å². The van der Waals surface area contributed by atoms with E-state index in [0.29, 0.717) is 5.75 Å². The molecule has 2 rings (SSSR count). The van der Waals surface area contributed by atoms with Gasteiger partial charge in [-0.15, -0.1) is 0 Å². The van der Waals surface area contributed by atoms with E-state index in [1.165, 1.54) is 5.56 Å². The Bertz CT molecular complexity index is 596. The van der Waals surface area contributed by atoms with Gasteiger partial charge in [0.25, 0.3) is 0 Å². The predicted octanol–water partition coefficient (Wildman–Crippen LogP) is 4.46. The molecule has 0 radical (unpaired) electrons. The summed E-state index contributed by atoms with van der Waals surface area (Å²) in [6.07, 6.45) is 1.83. The third-order valence-electron chi connectivity index (χ3n) is 3.61. The van der Waals surface area contributed by atoms with Gasteiger partial charge in [0.1, 0.15) is 5.75 Å². The van der Waals surface area contributed by atoms with Crippen LogP contribution in [0.1, 0.15) is 37.4 Å². The maximum atomic E-state index is 6.15. The van der Waals surface area contributed by atoms with Gasteiger partial charge < -0.3 is 15.2 Å². The van der Waals surface area contributed by atoms with E-state index in [4.69, 9.17) is 15.2 Å². The molecule has 0 aromatic heterocycles. The number of aryl methyl sites for hydroxylation is 1. The Morgan fingerprint density at radius 3 is 2.43 bits per heavy atom. The molecule has 3 heteroatoms. The average molecular weight is 285 g/mol. The highest BCUT2D eigenvalue weighted by Gasteiger charge is 2.13. The van der Waals surface area contributed by atoms with E-state index in [2.05, 4.69) is 19.9 Å². The molecule has 1 unspecified atom stereocenters. The van der Waals surface area contributed by atoms with Crippen LogP contribution in [0.25, 0.3) is 0 Å². The van der Waals surface area contributed by atoms with E-state index < -0.39 is 0 Å². The van der Waals surface area contributed by atoms with Crippen molar-refractivity contribution in [3.05, 3.63) is 53.6 Å². The lowest BCUT2D eigenvalue weighted by Crippen LogP contribution is -2.09. The van der Waals surface area contributed by atoms with Crippen molar-refractivity contribution < 1.29 is 9.47 Å². The van der Waals surface area contributed by atoms with E-state index in [1.807, 2.05) is 36.4 Å². The predicted molar refractivity (Wildman–Crippen MR) is 86.1 cm³/mol. The molecule has 0 fully saturated rings. The van der Waals surface area contributed by atoms with E-state index in [0.717, 1.165) is 29.9 Å². The molecule has 0 saturated carbocycles. The molecule has 2 aromatic rings. The lowest BCUT2D eigenvalue weighted by Gasteiger charge is -2.17. The first-order chi connectivity index (χ1) is 10.2. The van der Waals surface area contributed by atoms with E-state index in [-0.39, 0.29) is 6.04 Å². The van der Waals surface area contributed by atoms with Crippen molar-refractivity contribution in [1.82, 2.24) is 0 Å². The van der Waals surface area contributed by atoms with Crippen LogP contribution in [0.3, 0.4) is 0 Å². The molecule has 2 aromatic carbocycles. The van der Waals surface area contributed by atoms with Crippen LogP contribution in [0.15, 0.2) is 42.5 Å². The first-order valence-corrected chi connectivity index (χ1v) is 7.38. The van der Waals surface area contributed by atoms with Crippen LogP contribution in [0, 0.1) is 0 Å². The summed E-state index contributed by atoms with van der Waals surface area (Å²) in [5.41, 5.74) is 8.39. The molecule has 0 aliphatic rings. The Labute approximate surface area is 126 Å². The van der Waals surface area contributed by atoms with Gasteiger partial charge in [-0.1, -0.05) is 38.1 Å². The number of benzene rings is 2. The molecule has 0 spiro atoms. The van der Waals surface area contributed by atoms with Crippen LogP contribution >= 0.6 is 0 Å². The zero-order valence-corrected chi connectivity index (χ0v) is 12.9. The third-order valence-corrected chi connectivity index (χ3v) is 3.61. The Balaban J connectivity index is 2.34. The van der Waals surface area contributed by atoms with Gasteiger partial charge in [0.2, 0.25) is 0 Å². The molecule has 0 saturated heterocycles. The van der Waals surface area contributed by atoms with Crippen LogP contribution in [0.2, 0.25) is 0 Å². The third kappa shape index (κ3) is 3.56. The Morgan fingerprint density at radius 1 is 1.00 bits per heavy atom. The maximum absolute atomic E-state index is 6.15. The van der Waals surface area contributed by atoms with Gasteiger partial charge in [0, 0.05) is 11.6 Å². The molecule has 1 atom stereocenters. The van der Waals surface area contributed by atoms with Gasteiger partial charge in [0.05, 0.1) is 7.11 Å². The Hall–Kier alpha value is -2.00. The lowest BCUT2D eigenvalue weighted by atomic mass is 10.0. The highest BCUT2D eigenvalue weighted by molar-refractivity contribution is 5.47. The normalized spacial score (nSPS) is 12.0. The van der Waals surface area contributed by atoms with Gasteiger partial charge in [-0.2, -0.15) is 0 Å². The van der Waals surface area contributed by atoms with Gasteiger partial charge >= 0.3 is 0 Å². The maximum Gasteiger partial charge on any atom is 0.169 e. The van der Waals surface area contributed by atoms with Crippen LogP contribution in [0.4, 0.5) is 0 Å². The van der Waals surface area contributed by atoms with Crippen LogP contribution in [0.5, 0.6) is 17.2 Å². The van der Waals surface area contributed by atoms with Crippen molar-refractivity contribution in [3.63, 3.8) is 0 Å². The summed E-state index contributed by atoms with van der Waals surface area (Å²) in [6, 6.07) is 13.9. The average Bonchev–Trinajstić information content (AvgIpc) is 2.55. The summed E-state index contributed by atoms with van der Waals surface area (Å²) in [7, 11) is 1.66. The summed E-state index contributed by atoms with van der Waals surface area (Å²) < 4.78 is 11.5. The number of nitrogens with two attached hydrogens (primary N) is 1. The summed E-state index contributed by atoms with van der Waals surface area (Å²) in [5.74, 6) is 2.24. The van der Waals surface area contributed by atoms with Crippen molar-refractivity contribution >= 4 is 0 Å². The topological polar surface area (TPSA) is 44.5 Å². The van der Waals surface area contributed by atoms with Gasteiger partial charge in [0.15, 0.2) is 11.5 Å². The summed E-state index contributed by atoms with van der Waals surface area (Å²) in [5, 5.41) is 0. The fourth-order valence-corrected chi connectivity index (χ4v) is 2.23. The minimum atomic E-state index is -0.0258. The van der Waals surface area contributed by atoms with Gasteiger partial charge in [-0.05, 0) is 36.6 Å². The largest absolute Gasteiger partial charge is 0.493 e. The quantitative estimate of drug-likeness (QED) is 0.852. The van der Waals surface area contributed by atoms with Crippen LogP contribution in [-0.4, -0.2) is 7.11 Å². The van der Waals surface area contributed by atoms with Crippen molar-refractivity contribution in [1.29, 1.82) is 0 Å². The van der Waals surface area contributed by atoms with Crippen LogP contribution < -0.4 is 15.2 Å². The Morgan fingerprint density at radius 2 is 1.76 bits per heavy atom. The smallest absolute Gasteiger partial charge is 0.169 e. The molecule has 0 bridgehead atoms. The van der Waals surface area contributed by atoms with Crippen molar-refractivity contribution in [2.45, 2.75) is 32.7 Å². The van der Waals surface area contributed by atoms with Crippen molar-refractivity contribution in [3.8, 4) is 17.2 Å². The number of methoxy groups -OCH3 is 1. The van der Waals surface area contributed by atoms with E-state index >= 15 is 0 Å². The number of hydrogen-bond acceptors (Lipinski definition) is 3. The second-order valence-corrected chi connectivity index (χ2v) is 4.99. The molecular formula is C18H23NO2. The number of ether oxygens (including phenoxy) is 2. The minimum absolute atomic E-state index is 0.0258. The molecule has 2 N–H and O–H groups in total. The van der Waals surface area contributed by atoms with Crippen molar-refractivity contribution in [2.24, 2.45) is 5.73 Å². The molecule has 0 amide bonds. The summed E-state index contributed by atoms with van der Waals surface area (Å²) in [6.45, 7) is 4.18. The SMILES string of the molecule is CCc1ccc(Oc2ccccc2C(N)CC)c(OC)c1. The minimum Gasteiger partial charge on any atom is -0.493 e. The second-order valence-electron chi connectivity index (χ2n) is 4.99. The monoisotopic (exact) mass is 285 g/mol. The zero-order valence-electron chi connectivity index (χ0n) is 12.9. The Kier molecular flexibility index (Phi) is 5.23. The van der Waals surface area contributed by atoms with Gasteiger partial charge in [-0.3, -0.25) is 0 Å². The fraction of sp³-hybridized carbons (Fsp3) is 0.333. The summed E-state index contributed by atoms with van der Waals surface area (Å²) >= 11 is 0. The molecule has 21 heavy (non-hydrogen) atoms. The van der Waals surface area contributed by atoms with E-state index in [1.54, 1.807) is 7.11 Å². The zero-order chi connectivity index (χ0) is 15.2.